The van der Waals surface area contributed by atoms with Crippen LogP contribution in [0.2, 0.25) is 0 Å². The molecule has 0 saturated heterocycles. The van der Waals surface area contributed by atoms with Gasteiger partial charge < -0.3 is 14.2 Å². The second-order valence-electron chi connectivity index (χ2n) is 16.0. The van der Waals surface area contributed by atoms with Gasteiger partial charge in [-0.2, -0.15) is 0 Å². The van der Waals surface area contributed by atoms with Crippen LogP contribution in [0.15, 0.2) is 85.1 Å². The summed E-state index contributed by atoms with van der Waals surface area (Å²) < 4.78 is 16.7. The number of carbonyl (C=O) groups excluding carboxylic acids is 3. The molecule has 342 valence electrons. The van der Waals surface area contributed by atoms with Crippen LogP contribution in [0.5, 0.6) is 0 Å². The van der Waals surface area contributed by atoms with Crippen molar-refractivity contribution in [2.45, 2.75) is 226 Å². The lowest BCUT2D eigenvalue weighted by Crippen LogP contribution is -2.30. The van der Waals surface area contributed by atoms with Gasteiger partial charge in [0.05, 0.1) is 0 Å². The minimum absolute atomic E-state index is 0.0996. The molecule has 0 heterocycles. The van der Waals surface area contributed by atoms with E-state index in [0.717, 1.165) is 103 Å². The summed E-state index contributed by atoms with van der Waals surface area (Å²) in [5, 5.41) is 0. The highest BCUT2D eigenvalue weighted by atomic mass is 16.6. The van der Waals surface area contributed by atoms with Crippen LogP contribution in [-0.4, -0.2) is 37.2 Å². The van der Waals surface area contributed by atoms with E-state index in [1.165, 1.54) is 70.6 Å². The van der Waals surface area contributed by atoms with E-state index in [1.807, 2.05) is 0 Å². The quantitative estimate of drug-likeness (QED) is 0.0263. The van der Waals surface area contributed by atoms with E-state index >= 15 is 0 Å². The Kier molecular flexibility index (Phi) is 45.5. The predicted molar refractivity (Wildman–Crippen MR) is 256 cm³/mol. The van der Waals surface area contributed by atoms with Gasteiger partial charge in [0.25, 0.3) is 0 Å². The van der Waals surface area contributed by atoms with Gasteiger partial charge in [0, 0.05) is 19.3 Å². The fourth-order valence-corrected chi connectivity index (χ4v) is 6.45. The summed E-state index contributed by atoms with van der Waals surface area (Å²) in [6, 6.07) is 0. The van der Waals surface area contributed by atoms with E-state index in [-0.39, 0.29) is 37.5 Å². The molecule has 0 N–H and O–H groups in total. The van der Waals surface area contributed by atoms with Crippen molar-refractivity contribution in [3.05, 3.63) is 85.1 Å². The maximum absolute atomic E-state index is 12.8. The molecule has 0 aliphatic heterocycles. The SMILES string of the molecule is CC/C=C\C/C=C\C/C=C\C/C=C\C/C=C\CCCC(=O)OCC(COC(=O)CCCCCCCCCCC)OC(=O)CCCCCCC/C=C\C/C=C\CCCCCC. The van der Waals surface area contributed by atoms with E-state index in [0.29, 0.717) is 19.3 Å². The van der Waals surface area contributed by atoms with Crippen LogP contribution in [0.25, 0.3) is 0 Å². The predicted octanol–water partition coefficient (Wildman–Crippen LogP) is 16.0. The van der Waals surface area contributed by atoms with Crippen molar-refractivity contribution in [2.24, 2.45) is 0 Å². The third-order valence-electron chi connectivity index (χ3n) is 10.1. The van der Waals surface area contributed by atoms with Crippen molar-refractivity contribution < 1.29 is 28.6 Å². The first-order valence-corrected chi connectivity index (χ1v) is 24.6. The topological polar surface area (TPSA) is 78.9 Å². The molecule has 0 radical (unpaired) electrons. The summed E-state index contributed by atoms with van der Waals surface area (Å²) in [4.78, 5) is 37.8. The number of hydrogen-bond donors (Lipinski definition) is 0. The zero-order valence-electron chi connectivity index (χ0n) is 38.9. The summed E-state index contributed by atoms with van der Waals surface area (Å²) in [7, 11) is 0. The lowest BCUT2D eigenvalue weighted by atomic mass is 10.1. The summed E-state index contributed by atoms with van der Waals surface area (Å²) in [5.74, 6) is -0.981. The second kappa shape index (κ2) is 48.3. The van der Waals surface area contributed by atoms with Gasteiger partial charge in [-0.15, -0.1) is 0 Å². The highest BCUT2D eigenvalue weighted by Gasteiger charge is 2.19. The molecule has 0 spiro atoms. The van der Waals surface area contributed by atoms with Gasteiger partial charge >= 0.3 is 17.9 Å². The van der Waals surface area contributed by atoms with Gasteiger partial charge in [-0.1, -0.05) is 196 Å². The molecule has 0 fully saturated rings. The van der Waals surface area contributed by atoms with E-state index in [1.54, 1.807) is 0 Å². The van der Waals surface area contributed by atoms with E-state index < -0.39 is 6.10 Å². The first kappa shape index (κ1) is 56.6. The Hall–Kier alpha value is -3.41. The molecule has 0 aromatic carbocycles. The van der Waals surface area contributed by atoms with Gasteiger partial charge in [0.2, 0.25) is 0 Å². The van der Waals surface area contributed by atoms with Gasteiger partial charge in [-0.3, -0.25) is 14.4 Å². The zero-order valence-corrected chi connectivity index (χ0v) is 38.9. The fraction of sp³-hybridized carbons (Fsp3) is 0.685. The van der Waals surface area contributed by atoms with Crippen LogP contribution >= 0.6 is 0 Å². The molecule has 1 atom stereocenters. The standard InChI is InChI=1S/C54H90O6/c1-4-7-10-13-16-19-21-23-25-27-29-30-32-35-38-41-44-47-53(56)59-50-51(49-58-52(55)46-43-40-37-34-18-15-12-9-6-3)60-54(57)48-45-42-39-36-33-31-28-26-24-22-20-17-14-11-8-5-2/h7,10,16,19-20,22-23,25-26,28-30,35,38,51H,4-6,8-9,11-15,17-18,21,24,27,31-34,36-37,39-50H2,1-3H3/b10-7-,19-16-,22-20-,25-23-,28-26-,30-29-,38-35-. The van der Waals surface area contributed by atoms with Crippen molar-refractivity contribution in [2.75, 3.05) is 13.2 Å². The summed E-state index contributed by atoms with van der Waals surface area (Å²) in [6.07, 6.45) is 61.4. The Labute approximate surface area is 369 Å². The lowest BCUT2D eigenvalue weighted by molar-refractivity contribution is -0.167. The molecule has 60 heavy (non-hydrogen) atoms. The summed E-state index contributed by atoms with van der Waals surface area (Å²) in [5.41, 5.74) is 0. The van der Waals surface area contributed by atoms with Crippen LogP contribution in [-0.2, 0) is 28.6 Å². The highest BCUT2D eigenvalue weighted by Crippen LogP contribution is 2.13. The fourth-order valence-electron chi connectivity index (χ4n) is 6.45. The first-order chi connectivity index (χ1) is 29.5. The summed E-state index contributed by atoms with van der Waals surface area (Å²) in [6.45, 7) is 6.41. The minimum Gasteiger partial charge on any atom is -0.462 e. The average molecular weight is 835 g/mol. The molecule has 6 nitrogen and oxygen atoms in total. The van der Waals surface area contributed by atoms with Crippen molar-refractivity contribution >= 4 is 17.9 Å². The lowest BCUT2D eigenvalue weighted by Gasteiger charge is -2.18. The minimum atomic E-state index is -0.804. The van der Waals surface area contributed by atoms with Crippen molar-refractivity contribution in [1.29, 1.82) is 0 Å². The Morgan fingerprint density at radius 3 is 1.10 bits per heavy atom. The molecular weight excluding hydrogens is 745 g/mol. The van der Waals surface area contributed by atoms with E-state index in [9.17, 15) is 14.4 Å². The van der Waals surface area contributed by atoms with Crippen molar-refractivity contribution in [1.82, 2.24) is 0 Å². The molecule has 6 heteroatoms. The normalized spacial score (nSPS) is 12.8. The molecule has 0 aliphatic rings. The molecule has 0 bridgehead atoms. The molecule has 0 rings (SSSR count). The van der Waals surface area contributed by atoms with Crippen LogP contribution in [0.4, 0.5) is 0 Å². The number of hydrogen-bond acceptors (Lipinski definition) is 6. The van der Waals surface area contributed by atoms with Crippen LogP contribution in [0.3, 0.4) is 0 Å². The van der Waals surface area contributed by atoms with E-state index in [2.05, 4.69) is 106 Å². The van der Waals surface area contributed by atoms with Gasteiger partial charge in [0.1, 0.15) is 13.2 Å². The smallest absolute Gasteiger partial charge is 0.306 e. The van der Waals surface area contributed by atoms with Crippen LogP contribution in [0, 0.1) is 0 Å². The molecule has 0 aliphatic carbocycles. The van der Waals surface area contributed by atoms with Crippen molar-refractivity contribution in [3.63, 3.8) is 0 Å². The van der Waals surface area contributed by atoms with Gasteiger partial charge in [-0.05, 0) is 89.9 Å². The van der Waals surface area contributed by atoms with Gasteiger partial charge in [-0.25, -0.2) is 0 Å². The molecule has 0 amide bonds. The van der Waals surface area contributed by atoms with E-state index in [4.69, 9.17) is 14.2 Å². The Morgan fingerprint density at radius 2 is 0.667 bits per heavy atom. The number of carbonyl (C=O) groups is 3. The van der Waals surface area contributed by atoms with Crippen LogP contribution in [0.1, 0.15) is 220 Å². The first-order valence-electron chi connectivity index (χ1n) is 24.6. The maximum Gasteiger partial charge on any atom is 0.306 e. The molecule has 1 unspecified atom stereocenters. The Morgan fingerprint density at radius 1 is 0.350 bits per heavy atom. The van der Waals surface area contributed by atoms with Crippen molar-refractivity contribution in [3.8, 4) is 0 Å². The Balaban J connectivity index is 4.47. The molecule has 0 saturated carbocycles. The average Bonchev–Trinajstić information content (AvgIpc) is 3.24. The number of allylic oxidation sites excluding steroid dienone is 14. The number of esters is 3. The monoisotopic (exact) mass is 835 g/mol. The highest BCUT2D eigenvalue weighted by molar-refractivity contribution is 5.71. The summed E-state index contributed by atoms with van der Waals surface area (Å²) >= 11 is 0. The molecule has 0 aromatic heterocycles. The number of rotatable bonds is 43. The van der Waals surface area contributed by atoms with Gasteiger partial charge in [0.15, 0.2) is 6.10 Å². The number of ether oxygens (including phenoxy) is 3. The maximum atomic E-state index is 12.8. The third kappa shape index (κ3) is 45.7. The third-order valence-corrected chi connectivity index (χ3v) is 10.1. The largest absolute Gasteiger partial charge is 0.462 e. The van der Waals surface area contributed by atoms with Crippen LogP contribution < -0.4 is 0 Å². The number of unbranched alkanes of at least 4 members (excludes halogenated alkanes) is 18. The molecular formula is C54H90O6. The second-order valence-corrected chi connectivity index (χ2v) is 16.0. The Bertz CT molecular complexity index is 1190. The zero-order chi connectivity index (χ0) is 43.7. The molecule has 0 aromatic rings.